The minimum atomic E-state index is -3.03. The quantitative estimate of drug-likeness (QED) is 0.117. The largest absolute Gasteiger partial charge is 0.459 e. The van der Waals surface area contributed by atoms with Crippen molar-refractivity contribution in [3.05, 3.63) is 66.2 Å². The molecule has 0 saturated carbocycles. The molecule has 0 spiro atoms. The zero-order chi connectivity index (χ0) is 54.4. The van der Waals surface area contributed by atoms with Crippen LogP contribution < -0.4 is 0 Å². The van der Waals surface area contributed by atoms with Crippen molar-refractivity contribution in [2.75, 3.05) is 34.3 Å². The molecular weight excluding hydrogens is 959 g/mol. The Morgan fingerprint density at radius 3 is 2.32 bits per heavy atom. The summed E-state index contributed by atoms with van der Waals surface area (Å²) in [4.78, 5) is 22.6. The third-order valence-electron chi connectivity index (χ3n) is 16.6. The van der Waals surface area contributed by atoms with Crippen LogP contribution in [0.4, 0.5) is 8.78 Å². The molecule has 5 N–H and O–H groups in total. The molecule has 1 aromatic carbocycles. The van der Waals surface area contributed by atoms with Gasteiger partial charge in [0.15, 0.2) is 6.29 Å². The normalized spacial score (nSPS) is 37.5. The summed E-state index contributed by atoms with van der Waals surface area (Å²) in [6.07, 6.45) is -3.30. The van der Waals surface area contributed by atoms with Gasteiger partial charge in [0.2, 0.25) is 0 Å². The highest BCUT2D eigenvalue weighted by molar-refractivity contribution is 5.73. The summed E-state index contributed by atoms with van der Waals surface area (Å²) in [6, 6.07) is 8.95. The molecule has 3 aliphatic heterocycles. The second kappa shape index (κ2) is 25.2. The van der Waals surface area contributed by atoms with Gasteiger partial charge in [-0.2, -0.15) is 0 Å². The van der Waals surface area contributed by atoms with Crippen LogP contribution in [-0.2, 0) is 47.4 Å². The Balaban J connectivity index is 1.18. The second-order valence-electron chi connectivity index (χ2n) is 22.4. The van der Waals surface area contributed by atoms with Gasteiger partial charge in [-0.3, -0.25) is 14.5 Å². The van der Waals surface area contributed by atoms with E-state index in [4.69, 9.17) is 23.7 Å². The van der Waals surface area contributed by atoms with E-state index in [1.54, 1.807) is 76.1 Å². The number of ether oxygens (including phenoxy) is 5. The maximum absolute atomic E-state index is 15.3. The molecule has 5 heterocycles. The molecule has 416 valence electrons. The van der Waals surface area contributed by atoms with Crippen molar-refractivity contribution in [1.29, 1.82) is 0 Å². The van der Waals surface area contributed by atoms with Crippen molar-refractivity contribution in [2.45, 2.75) is 204 Å². The molecule has 0 aliphatic carbocycles. The van der Waals surface area contributed by atoms with Gasteiger partial charge in [-0.25, -0.2) is 8.78 Å². The lowest BCUT2D eigenvalue weighted by Crippen LogP contribution is -2.61. The number of carbonyl (C=O) groups excluding carboxylic acids is 1. The Kier molecular flexibility index (Phi) is 20.3. The van der Waals surface area contributed by atoms with E-state index < -0.39 is 108 Å². The highest BCUT2D eigenvalue weighted by Gasteiger charge is 2.53. The van der Waals surface area contributed by atoms with Crippen molar-refractivity contribution >= 4 is 5.97 Å². The minimum absolute atomic E-state index is 0.0510. The summed E-state index contributed by atoms with van der Waals surface area (Å²) in [5.74, 6) is -6.19. The Morgan fingerprint density at radius 2 is 1.68 bits per heavy atom. The lowest BCUT2D eigenvalue weighted by atomic mass is 9.70. The maximum Gasteiger partial charge on any atom is 0.309 e. The van der Waals surface area contributed by atoms with Gasteiger partial charge in [0.05, 0.1) is 47.7 Å². The molecule has 1 unspecified atom stereocenters. The van der Waals surface area contributed by atoms with Crippen molar-refractivity contribution in [1.82, 2.24) is 29.8 Å². The zero-order valence-electron chi connectivity index (χ0n) is 45.6. The van der Waals surface area contributed by atoms with Crippen LogP contribution in [0.2, 0.25) is 0 Å². The molecular formula is C55H86F2N6O11. The molecule has 6 rings (SSSR count). The third kappa shape index (κ3) is 13.9. The molecule has 3 aromatic rings. The van der Waals surface area contributed by atoms with Crippen LogP contribution in [0.5, 0.6) is 0 Å². The number of aryl methyl sites for hydroxylation is 1. The summed E-state index contributed by atoms with van der Waals surface area (Å²) in [5.41, 5.74) is -0.610. The van der Waals surface area contributed by atoms with Crippen LogP contribution in [0.15, 0.2) is 55.0 Å². The standard InChI is InChI=1S/C55H86F2N6O11/c1-13-45-54(9,69)49(66)36(6)62(11)30-32(2)26-43(64)48(34(4)46(35(5)51(68)73-45)44-28-53(8,70-12)50(67)37(7)72-44)74-52-47(65)42(27-33(3)71-52)61(10)25-21-41-31-63(60-59-41)24-15-22-55(56,57)40-19-17-38(18-20-40)39-16-14-23-58-29-39/h14,16-20,23,29,31-37,42-50,52,64-67,69H,13,15,21-22,24-28,30H2,1-12H3/t32-,33-,34+,35-,36-,37+,42+,43-,44-,45-,46?,47-,48-,49-,50+,52+,53-,54-/m1/s1. The van der Waals surface area contributed by atoms with Crippen molar-refractivity contribution in [2.24, 2.45) is 23.7 Å². The van der Waals surface area contributed by atoms with Crippen LogP contribution in [0.3, 0.4) is 0 Å². The van der Waals surface area contributed by atoms with Gasteiger partial charge in [0.1, 0.15) is 30.0 Å². The van der Waals surface area contributed by atoms with Gasteiger partial charge in [-0.05, 0) is 103 Å². The fraction of sp³-hybridized carbons (Fsp3) is 0.745. The molecule has 74 heavy (non-hydrogen) atoms. The van der Waals surface area contributed by atoms with E-state index in [2.05, 4.69) is 15.3 Å². The van der Waals surface area contributed by atoms with Crippen LogP contribution >= 0.6 is 0 Å². The summed E-state index contributed by atoms with van der Waals surface area (Å²) in [6.45, 7) is 17.2. The number of methoxy groups -OCH3 is 1. The molecule has 17 nitrogen and oxygen atoms in total. The first-order valence-corrected chi connectivity index (χ1v) is 26.7. The molecule has 0 bridgehead atoms. The first-order valence-electron chi connectivity index (χ1n) is 26.7. The van der Waals surface area contributed by atoms with Crippen LogP contribution in [0.25, 0.3) is 11.1 Å². The Hall–Kier alpha value is -3.60. The number of halogens is 2. The number of carbonyl (C=O) groups is 1. The number of nitrogens with zero attached hydrogens (tertiary/aromatic N) is 6. The number of cyclic esters (lactones) is 1. The number of likely N-dealkylation sites (N-methyl/N-ethyl adjacent to an activating group) is 2. The number of hydrogen-bond donors (Lipinski definition) is 5. The molecule has 3 aliphatic rings. The summed E-state index contributed by atoms with van der Waals surface area (Å²) in [5, 5.41) is 68.0. The average Bonchev–Trinajstić information content (AvgIpc) is 3.83. The van der Waals surface area contributed by atoms with E-state index in [0.717, 1.165) is 11.1 Å². The van der Waals surface area contributed by atoms with Gasteiger partial charge in [0, 0.05) is 88.2 Å². The SMILES string of the molecule is CC[C@H]1OC(=O)[C@H](C)C([C@H]2C[C@@](C)(OC)[C@@H](O)[C@H](C)O2)[C@H](C)[C@@H](O[C@@H]2O[C@H](C)C[C@H](N(C)CCc3cn(CCCC(F)(F)c4ccc(-c5cccnc5)cc4)nn3)[C@H]2O)[C@H](O)C[C@@H](C)CN(C)[C@H](C)[C@@H](O)[C@]1(C)O. The number of benzene rings is 1. The van der Waals surface area contributed by atoms with E-state index in [-0.39, 0.29) is 56.2 Å². The third-order valence-corrected chi connectivity index (χ3v) is 16.6. The van der Waals surface area contributed by atoms with Crippen molar-refractivity contribution in [3.63, 3.8) is 0 Å². The molecule has 0 radical (unpaired) electrons. The summed E-state index contributed by atoms with van der Waals surface area (Å²) in [7, 11) is 5.24. The van der Waals surface area contributed by atoms with E-state index in [0.29, 0.717) is 31.6 Å². The molecule has 0 amide bonds. The number of aromatic nitrogens is 4. The number of aliphatic hydroxyl groups excluding tert-OH is 4. The summed E-state index contributed by atoms with van der Waals surface area (Å²) >= 11 is 0. The van der Waals surface area contributed by atoms with Crippen LogP contribution in [-0.4, -0.2) is 180 Å². The van der Waals surface area contributed by atoms with Gasteiger partial charge in [-0.1, -0.05) is 63.2 Å². The van der Waals surface area contributed by atoms with E-state index in [1.807, 2.05) is 50.7 Å². The van der Waals surface area contributed by atoms with E-state index in [9.17, 15) is 30.3 Å². The number of esters is 1. The monoisotopic (exact) mass is 1040 g/mol. The highest BCUT2D eigenvalue weighted by atomic mass is 19.3. The van der Waals surface area contributed by atoms with Gasteiger partial charge in [-0.15, -0.1) is 5.10 Å². The van der Waals surface area contributed by atoms with Crippen molar-refractivity contribution < 1.29 is 62.8 Å². The zero-order valence-corrected chi connectivity index (χ0v) is 45.6. The molecule has 2 aromatic heterocycles. The predicted octanol–water partition coefficient (Wildman–Crippen LogP) is 5.62. The van der Waals surface area contributed by atoms with Gasteiger partial charge < -0.3 is 59.0 Å². The lowest BCUT2D eigenvalue weighted by Gasteiger charge is -2.50. The molecule has 18 atom stereocenters. The highest BCUT2D eigenvalue weighted by Crippen LogP contribution is 2.43. The Morgan fingerprint density at radius 1 is 0.973 bits per heavy atom. The summed E-state index contributed by atoms with van der Waals surface area (Å²) < 4.78 is 64.1. The number of pyridine rings is 1. The lowest BCUT2D eigenvalue weighted by molar-refractivity contribution is -0.292. The maximum atomic E-state index is 15.3. The minimum Gasteiger partial charge on any atom is -0.459 e. The molecule has 19 heteroatoms. The second-order valence-corrected chi connectivity index (χ2v) is 22.4. The first kappa shape index (κ1) is 59.6. The van der Waals surface area contributed by atoms with Crippen LogP contribution in [0, 0.1) is 23.7 Å². The molecule has 3 saturated heterocycles. The van der Waals surface area contributed by atoms with Gasteiger partial charge >= 0.3 is 5.97 Å². The topological polar surface area (TPSA) is 214 Å². The number of hydrogen-bond acceptors (Lipinski definition) is 16. The fourth-order valence-corrected chi connectivity index (χ4v) is 11.8. The van der Waals surface area contributed by atoms with E-state index >= 15 is 8.78 Å². The number of aliphatic hydroxyl groups is 5. The average molecular weight is 1050 g/mol. The van der Waals surface area contributed by atoms with Crippen molar-refractivity contribution in [3.8, 4) is 11.1 Å². The Bertz CT molecular complexity index is 2210. The van der Waals surface area contributed by atoms with Gasteiger partial charge in [0.25, 0.3) is 5.92 Å². The number of rotatable bonds is 15. The number of alkyl halides is 2. The first-order chi connectivity index (χ1) is 34.8. The van der Waals surface area contributed by atoms with E-state index in [1.165, 1.54) is 26.2 Å². The fourth-order valence-electron chi connectivity index (χ4n) is 11.8. The predicted molar refractivity (Wildman–Crippen MR) is 274 cm³/mol. The Labute approximate surface area is 436 Å². The molecule has 3 fully saturated rings. The smallest absolute Gasteiger partial charge is 0.309 e. The van der Waals surface area contributed by atoms with Crippen LogP contribution in [0.1, 0.15) is 112 Å².